The number of carbonyl (C=O) groups is 1. The van der Waals surface area contributed by atoms with E-state index in [1.807, 2.05) is 24.3 Å². The molecule has 0 atom stereocenters. The van der Waals surface area contributed by atoms with Crippen LogP contribution in [0.25, 0.3) is 0 Å². The molecule has 0 aliphatic rings. The maximum atomic E-state index is 11.9. The first kappa shape index (κ1) is 15.7. The van der Waals surface area contributed by atoms with Crippen molar-refractivity contribution in [2.75, 3.05) is 18.9 Å². The molecule has 1 aromatic carbocycles. The molecule has 0 aliphatic heterocycles. The Kier molecular flexibility index (Phi) is 6.53. The number of hydrogen-bond donors (Lipinski definition) is 2. The highest BCUT2D eigenvalue weighted by Crippen LogP contribution is 2.14. The Morgan fingerprint density at radius 1 is 1.37 bits per heavy atom. The summed E-state index contributed by atoms with van der Waals surface area (Å²) in [6.45, 7) is 5.67. The Balaban J connectivity index is 2.39. The van der Waals surface area contributed by atoms with Crippen molar-refractivity contribution in [1.82, 2.24) is 4.90 Å². The predicted octanol–water partition coefficient (Wildman–Crippen LogP) is 2.20. The maximum absolute atomic E-state index is 11.9. The molecule has 0 saturated heterocycles. The van der Waals surface area contributed by atoms with E-state index in [0.29, 0.717) is 19.0 Å². The van der Waals surface area contributed by atoms with Crippen LogP contribution >= 0.6 is 0 Å². The Labute approximate surface area is 116 Å². The molecule has 0 fully saturated rings. The van der Waals surface area contributed by atoms with Crippen LogP contribution in [0.2, 0.25) is 0 Å². The molecule has 1 aromatic rings. The Morgan fingerprint density at radius 2 is 2.05 bits per heavy atom. The summed E-state index contributed by atoms with van der Waals surface area (Å²) >= 11 is 0. The molecule has 0 bridgehead atoms. The Hall–Kier alpha value is -1.39. The SMILES string of the molecule is CC(C)N(C)CCCC(=O)Nc1ccccc1CN. The third kappa shape index (κ3) is 5.41. The van der Waals surface area contributed by atoms with Crippen molar-refractivity contribution in [3.63, 3.8) is 0 Å². The molecule has 0 heterocycles. The third-order valence-corrected chi connectivity index (χ3v) is 3.31. The third-order valence-electron chi connectivity index (χ3n) is 3.31. The van der Waals surface area contributed by atoms with Gasteiger partial charge in [-0.1, -0.05) is 18.2 Å². The number of amides is 1. The summed E-state index contributed by atoms with van der Waals surface area (Å²) in [5, 5.41) is 2.93. The minimum absolute atomic E-state index is 0.0538. The van der Waals surface area contributed by atoms with Crippen LogP contribution in [0.5, 0.6) is 0 Å². The molecule has 4 heteroatoms. The Bertz CT molecular complexity index is 404. The van der Waals surface area contributed by atoms with E-state index >= 15 is 0 Å². The molecular weight excluding hydrogens is 238 g/mol. The summed E-state index contributed by atoms with van der Waals surface area (Å²) in [5.74, 6) is 0.0538. The smallest absolute Gasteiger partial charge is 0.224 e. The minimum atomic E-state index is 0.0538. The highest BCUT2D eigenvalue weighted by Gasteiger charge is 2.07. The zero-order chi connectivity index (χ0) is 14.3. The number of nitrogens with two attached hydrogens (primary N) is 1. The molecule has 0 unspecified atom stereocenters. The van der Waals surface area contributed by atoms with Gasteiger partial charge in [-0.15, -0.1) is 0 Å². The number of hydrogen-bond acceptors (Lipinski definition) is 3. The lowest BCUT2D eigenvalue weighted by Gasteiger charge is -2.20. The van der Waals surface area contributed by atoms with Crippen LogP contribution in [0.15, 0.2) is 24.3 Å². The van der Waals surface area contributed by atoms with Gasteiger partial charge in [-0.2, -0.15) is 0 Å². The van der Waals surface area contributed by atoms with Gasteiger partial charge in [0.05, 0.1) is 0 Å². The average Bonchev–Trinajstić information content (AvgIpc) is 2.39. The van der Waals surface area contributed by atoms with E-state index in [1.165, 1.54) is 0 Å². The fourth-order valence-corrected chi connectivity index (χ4v) is 1.78. The summed E-state index contributed by atoms with van der Waals surface area (Å²) in [5.41, 5.74) is 7.44. The van der Waals surface area contributed by atoms with Crippen molar-refractivity contribution in [2.45, 2.75) is 39.3 Å². The van der Waals surface area contributed by atoms with Gasteiger partial charge in [-0.3, -0.25) is 4.79 Å². The van der Waals surface area contributed by atoms with Crippen LogP contribution in [0, 0.1) is 0 Å². The second kappa shape index (κ2) is 7.92. The molecule has 1 rings (SSSR count). The highest BCUT2D eigenvalue weighted by molar-refractivity contribution is 5.91. The number of rotatable bonds is 7. The molecule has 19 heavy (non-hydrogen) atoms. The highest BCUT2D eigenvalue weighted by atomic mass is 16.1. The van der Waals surface area contributed by atoms with E-state index in [4.69, 9.17) is 5.73 Å². The molecule has 0 aromatic heterocycles. The van der Waals surface area contributed by atoms with E-state index < -0.39 is 0 Å². The van der Waals surface area contributed by atoms with Gasteiger partial charge >= 0.3 is 0 Å². The molecule has 0 spiro atoms. The number of benzene rings is 1. The molecule has 0 aliphatic carbocycles. The van der Waals surface area contributed by atoms with E-state index in [-0.39, 0.29) is 5.91 Å². The maximum Gasteiger partial charge on any atom is 0.224 e. The topological polar surface area (TPSA) is 58.4 Å². The van der Waals surface area contributed by atoms with Gasteiger partial charge < -0.3 is 16.0 Å². The van der Waals surface area contributed by atoms with E-state index in [0.717, 1.165) is 24.2 Å². The van der Waals surface area contributed by atoms with Crippen molar-refractivity contribution in [3.05, 3.63) is 29.8 Å². The molecule has 106 valence electrons. The van der Waals surface area contributed by atoms with Crippen molar-refractivity contribution < 1.29 is 4.79 Å². The van der Waals surface area contributed by atoms with Crippen molar-refractivity contribution in [3.8, 4) is 0 Å². The van der Waals surface area contributed by atoms with Crippen LogP contribution in [0.3, 0.4) is 0 Å². The first-order valence-electron chi connectivity index (χ1n) is 6.82. The average molecular weight is 263 g/mol. The van der Waals surface area contributed by atoms with Gasteiger partial charge in [0, 0.05) is 24.7 Å². The molecule has 4 nitrogen and oxygen atoms in total. The molecule has 0 radical (unpaired) electrons. The predicted molar refractivity (Wildman–Crippen MR) is 80.0 cm³/mol. The normalized spacial score (nSPS) is 11.1. The number of anilines is 1. The fourth-order valence-electron chi connectivity index (χ4n) is 1.78. The lowest BCUT2D eigenvalue weighted by atomic mass is 10.1. The van der Waals surface area contributed by atoms with E-state index in [1.54, 1.807) is 0 Å². The van der Waals surface area contributed by atoms with Crippen molar-refractivity contribution in [1.29, 1.82) is 0 Å². The van der Waals surface area contributed by atoms with Gasteiger partial charge in [-0.05, 0) is 45.5 Å². The molecular formula is C15H25N3O. The van der Waals surface area contributed by atoms with Crippen LogP contribution in [0.1, 0.15) is 32.3 Å². The molecule has 0 saturated carbocycles. The Morgan fingerprint density at radius 3 is 2.68 bits per heavy atom. The zero-order valence-corrected chi connectivity index (χ0v) is 12.1. The number of para-hydroxylation sites is 1. The van der Waals surface area contributed by atoms with Crippen molar-refractivity contribution >= 4 is 11.6 Å². The summed E-state index contributed by atoms with van der Waals surface area (Å²) in [6.07, 6.45) is 1.40. The zero-order valence-electron chi connectivity index (χ0n) is 12.1. The monoisotopic (exact) mass is 263 g/mol. The first-order valence-corrected chi connectivity index (χ1v) is 6.82. The van der Waals surface area contributed by atoms with Crippen LogP contribution in [0.4, 0.5) is 5.69 Å². The largest absolute Gasteiger partial charge is 0.326 e. The van der Waals surface area contributed by atoms with Gasteiger partial charge in [0.1, 0.15) is 0 Å². The van der Waals surface area contributed by atoms with Crippen LogP contribution in [-0.2, 0) is 11.3 Å². The second-order valence-corrected chi connectivity index (χ2v) is 5.09. The first-order chi connectivity index (χ1) is 9.04. The standard InChI is InChI=1S/C15H25N3O/c1-12(2)18(3)10-6-9-15(19)17-14-8-5-4-7-13(14)11-16/h4-5,7-8,12H,6,9-11,16H2,1-3H3,(H,17,19). The summed E-state index contributed by atoms with van der Waals surface area (Å²) in [6, 6.07) is 8.17. The number of nitrogens with one attached hydrogen (secondary N) is 1. The quantitative estimate of drug-likeness (QED) is 0.793. The lowest BCUT2D eigenvalue weighted by Crippen LogP contribution is -2.28. The molecule has 3 N–H and O–H groups in total. The summed E-state index contributed by atoms with van der Waals surface area (Å²) in [7, 11) is 2.08. The number of carbonyl (C=O) groups excluding carboxylic acids is 1. The van der Waals surface area contributed by atoms with Crippen LogP contribution < -0.4 is 11.1 Å². The second-order valence-electron chi connectivity index (χ2n) is 5.09. The summed E-state index contributed by atoms with van der Waals surface area (Å²) < 4.78 is 0. The van der Waals surface area contributed by atoms with Crippen molar-refractivity contribution in [2.24, 2.45) is 5.73 Å². The van der Waals surface area contributed by atoms with Gasteiger partial charge in [-0.25, -0.2) is 0 Å². The van der Waals surface area contributed by atoms with Gasteiger partial charge in [0.25, 0.3) is 0 Å². The lowest BCUT2D eigenvalue weighted by molar-refractivity contribution is -0.116. The van der Waals surface area contributed by atoms with Gasteiger partial charge in [0.15, 0.2) is 0 Å². The molecule has 1 amide bonds. The van der Waals surface area contributed by atoms with Crippen LogP contribution in [-0.4, -0.2) is 30.4 Å². The van der Waals surface area contributed by atoms with Gasteiger partial charge in [0.2, 0.25) is 5.91 Å². The fraction of sp³-hybridized carbons (Fsp3) is 0.533. The minimum Gasteiger partial charge on any atom is -0.326 e. The van der Waals surface area contributed by atoms with E-state index in [2.05, 4.69) is 31.1 Å². The van der Waals surface area contributed by atoms with E-state index in [9.17, 15) is 4.79 Å². The summed E-state index contributed by atoms with van der Waals surface area (Å²) in [4.78, 5) is 14.1. The number of nitrogens with zero attached hydrogens (tertiary/aromatic N) is 1.